The van der Waals surface area contributed by atoms with Crippen LogP contribution in [0.3, 0.4) is 0 Å². The minimum Gasteiger partial charge on any atom is -0.455 e. The minimum absolute atomic E-state index is 0.192. The third kappa shape index (κ3) is 4.02. The summed E-state index contributed by atoms with van der Waals surface area (Å²) in [5, 5.41) is 7.21. The quantitative estimate of drug-likeness (QED) is 0.183. The summed E-state index contributed by atoms with van der Waals surface area (Å²) in [6.07, 6.45) is 0. The molecule has 1 aliphatic rings. The van der Waals surface area contributed by atoms with E-state index in [4.69, 9.17) is 14.4 Å². The summed E-state index contributed by atoms with van der Waals surface area (Å²) in [6, 6.07) is 54.2. The molecule has 12 rings (SSSR count). The Morgan fingerprint density at radius 1 is 0.574 bits per heavy atom. The van der Waals surface area contributed by atoms with Crippen LogP contribution in [0.1, 0.15) is 25.0 Å². The lowest BCUT2D eigenvalue weighted by Crippen LogP contribution is -2.26. The summed E-state index contributed by atoms with van der Waals surface area (Å²) in [7, 11) is 0. The van der Waals surface area contributed by atoms with Crippen LogP contribution in [-0.4, -0.2) is 14.5 Å². The first-order chi connectivity index (χ1) is 26.5. The SMILES string of the molecule is CC1(C)c2cc(-c3cccc(-c4nc(-c5cccc6c5oc5ccccc56)c5ccccc5n4)c3)ccc2-n2c3sc4ccccc4c3c3cccc1c32. The Labute approximate surface area is 314 Å². The van der Waals surface area contributed by atoms with Crippen molar-refractivity contribution in [3.05, 3.63) is 163 Å². The standard InChI is InChI=1S/C49H31N3OS/c1-49(2)37-20-11-18-35-43-34-16-5-8-23-42(34)54-48(43)52(45(35)37)40-25-24-29(27-38(40)49)28-12-9-13-30(26-28)47-50-39-21-6-3-15-33(39)44(51-47)36-19-10-17-32-31-14-4-7-22-41(31)53-46(32)36/h3-27H,1-2H3. The van der Waals surface area contributed by atoms with Crippen LogP contribution < -0.4 is 0 Å². The van der Waals surface area contributed by atoms with Gasteiger partial charge >= 0.3 is 0 Å². The van der Waals surface area contributed by atoms with Crippen LogP contribution >= 0.6 is 11.3 Å². The van der Waals surface area contributed by atoms with Gasteiger partial charge in [0.25, 0.3) is 0 Å². The molecule has 0 aliphatic carbocycles. The Hall–Kier alpha value is -6.56. The Kier molecular flexibility index (Phi) is 5.96. The summed E-state index contributed by atoms with van der Waals surface area (Å²) in [4.78, 5) is 11.7. The number of nitrogens with zero attached hydrogens (tertiary/aromatic N) is 3. The molecule has 0 fully saturated rings. The summed E-state index contributed by atoms with van der Waals surface area (Å²) in [5.41, 5.74) is 12.8. The van der Waals surface area contributed by atoms with Crippen LogP contribution in [0.15, 0.2) is 156 Å². The largest absolute Gasteiger partial charge is 0.455 e. The molecule has 0 radical (unpaired) electrons. The van der Waals surface area contributed by atoms with Crippen molar-refractivity contribution in [3.8, 4) is 39.5 Å². The van der Waals surface area contributed by atoms with E-state index in [9.17, 15) is 0 Å². The molecule has 4 aromatic heterocycles. The normalized spacial score (nSPS) is 13.5. The maximum atomic E-state index is 6.48. The van der Waals surface area contributed by atoms with Gasteiger partial charge in [0.15, 0.2) is 5.82 Å². The van der Waals surface area contributed by atoms with E-state index in [1.165, 1.54) is 53.6 Å². The third-order valence-corrected chi connectivity index (χ3v) is 12.8. The molecule has 5 heterocycles. The highest BCUT2D eigenvalue weighted by Crippen LogP contribution is 2.51. The topological polar surface area (TPSA) is 43.9 Å². The average molecular weight is 710 g/mol. The Bertz CT molecular complexity index is 3380. The van der Waals surface area contributed by atoms with Crippen LogP contribution in [0.25, 0.3) is 104 Å². The second-order valence-corrected chi connectivity index (χ2v) is 16.0. The lowest BCUT2D eigenvalue weighted by Gasteiger charge is -2.35. The van der Waals surface area contributed by atoms with Gasteiger partial charge in [-0.15, -0.1) is 11.3 Å². The van der Waals surface area contributed by atoms with Gasteiger partial charge in [0, 0.05) is 53.6 Å². The number of benzene rings is 7. The van der Waals surface area contributed by atoms with E-state index in [1.54, 1.807) is 0 Å². The van der Waals surface area contributed by atoms with E-state index in [0.29, 0.717) is 5.82 Å². The summed E-state index contributed by atoms with van der Waals surface area (Å²) < 4.78 is 10.3. The van der Waals surface area contributed by atoms with Crippen molar-refractivity contribution in [3.63, 3.8) is 0 Å². The van der Waals surface area contributed by atoms with Crippen molar-refractivity contribution in [2.75, 3.05) is 0 Å². The van der Waals surface area contributed by atoms with Crippen LogP contribution in [0.2, 0.25) is 0 Å². The number of rotatable bonds is 3. The number of fused-ring (bicyclic) bond motifs is 11. The van der Waals surface area contributed by atoms with Crippen LogP contribution in [0, 0.1) is 0 Å². The van der Waals surface area contributed by atoms with Gasteiger partial charge in [-0.3, -0.25) is 0 Å². The third-order valence-electron chi connectivity index (χ3n) is 11.6. The second kappa shape index (κ2) is 10.8. The van der Waals surface area contributed by atoms with Gasteiger partial charge in [0.1, 0.15) is 16.0 Å². The summed E-state index contributed by atoms with van der Waals surface area (Å²) >= 11 is 1.89. The average Bonchev–Trinajstić information content (AvgIpc) is 3.89. The first-order valence-corrected chi connectivity index (χ1v) is 19.2. The molecule has 5 heteroatoms. The van der Waals surface area contributed by atoms with Crippen molar-refractivity contribution in [1.82, 2.24) is 14.5 Å². The molecule has 1 aliphatic heterocycles. The predicted octanol–water partition coefficient (Wildman–Crippen LogP) is 13.5. The van der Waals surface area contributed by atoms with Crippen molar-refractivity contribution in [1.29, 1.82) is 0 Å². The van der Waals surface area contributed by atoms with Gasteiger partial charge in [-0.2, -0.15) is 0 Å². The Morgan fingerprint density at radius 3 is 2.22 bits per heavy atom. The van der Waals surface area contributed by atoms with E-state index in [2.05, 4.69) is 152 Å². The first kappa shape index (κ1) is 30.0. The fourth-order valence-corrected chi connectivity index (χ4v) is 10.2. The molecule has 0 bridgehead atoms. The molecule has 0 saturated heterocycles. The van der Waals surface area contributed by atoms with Gasteiger partial charge in [-0.25, -0.2) is 9.97 Å². The maximum Gasteiger partial charge on any atom is 0.160 e. The van der Waals surface area contributed by atoms with Gasteiger partial charge < -0.3 is 8.98 Å². The van der Waals surface area contributed by atoms with Crippen molar-refractivity contribution in [2.45, 2.75) is 19.3 Å². The molecule has 254 valence electrons. The van der Waals surface area contributed by atoms with Gasteiger partial charge in [0.2, 0.25) is 0 Å². The lowest BCUT2D eigenvalue weighted by molar-refractivity contribution is 0.630. The minimum atomic E-state index is -0.192. The molecular weight excluding hydrogens is 679 g/mol. The number of para-hydroxylation sites is 4. The monoisotopic (exact) mass is 709 g/mol. The zero-order chi connectivity index (χ0) is 35.7. The summed E-state index contributed by atoms with van der Waals surface area (Å²) in [6.45, 7) is 4.74. The fourth-order valence-electron chi connectivity index (χ4n) is 9.01. The van der Waals surface area contributed by atoms with Gasteiger partial charge in [0.05, 0.1) is 22.4 Å². The molecule has 0 atom stereocenters. The molecule has 0 N–H and O–H groups in total. The number of thiophene rings is 1. The zero-order valence-corrected chi connectivity index (χ0v) is 30.4. The van der Waals surface area contributed by atoms with E-state index < -0.39 is 0 Å². The first-order valence-electron chi connectivity index (χ1n) is 18.4. The molecule has 0 spiro atoms. The van der Waals surface area contributed by atoms with E-state index in [1.807, 2.05) is 29.5 Å². The second-order valence-electron chi connectivity index (χ2n) is 14.9. The lowest BCUT2D eigenvalue weighted by atomic mass is 9.74. The molecular formula is C49H31N3OS. The molecule has 7 aromatic carbocycles. The predicted molar refractivity (Wildman–Crippen MR) is 225 cm³/mol. The van der Waals surface area contributed by atoms with Gasteiger partial charge in [-0.1, -0.05) is 123 Å². The molecule has 54 heavy (non-hydrogen) atoms. The number of furan rings is 1. The smallest absolute Gasteiger partial charge is 0.160 e. The molecule has 0 saturated carbocycles. The highest BCUT2D eigenvalue weighted by molar-refractivity contribution is 7.25. The molecule has 4 nitrogen and oxygen atoms in total. The number of hydrogen-bond donors (Lipinski definition) is 0. The summed E-state index contributed by atoms with van der Waals surface area (Å²) in [5.74, 6) is 0.688. The highest BCUT2D eigenvalue weighted by atomic mass is 32.1. The molecule has 11 aromatic rings. The molecule has 0 unspecified atom stereocenters. The van der Waals surface area contributed by atoms with Gasteiger partial charge in [-0.05, 0) is 64.7 Å². The Morgan fingerprint density at radius 2 is 1.30 bits per heavy atom. The van der Waals surface area contributed by atoms with Crippen molar-refractivity contribution < 1.29 is 4.42 Å². The fraction of sp³-hybridized carbons (Fsp3) is 0.0612. The van der Waals surface area contributed by atoms with Crippen molar-refractivity contribution in [2.24, 2.45) is 0 Å². The number of hydrogen-bond acceptors (Lipinski definition) is 4. The van der Waals surface area contributed by atoms with Crippen molar-refractivity contribution >= 4 is 75.4 Å². The van der Waals surface area contributed by atoms with E-state index in [-0.39, 0.29) is 5.41 Å². The Balaban J connectivity index is 1.02. The van der Waals surface area contributed by atoms with Crippen LogP contribution in [-0.2, 0) is 5.41 Å². The van der Waals surface area contributed by atoms with E-state index in [0.717, 1.165) is 55.2 Å². The zero-order valence-electron chi connectivity index (χ0n) is 29.6. The van der Waals surface area contributed by atoms with Crippen LogP contribution in [0.4, 0.5) is 0 Å². The molecule has 0 amide bonds. The van der Waals surface area contributed by atoms with E-state index >= 15 is 0 Å². The highest BCUT2D eigenvalue weighted by Gasteiger charge is 2.36. The maximum absolute atomic E-state index is 6.48. The van der Waals surface area contributed by atoms with Crippen LogP contribution in [0.5, 0.6) is 0 Å². The number of aromatic nitrogens is 3.